The maximum Gasteiger partial charge on any atom is 0.233 e. The van der Waals surface area contributed by atoms with Crippen LogP contribution in [0.3, 0.4) is 0 Å². The van der Waals surface area contributed by atoms with Crippen LogP contribution >= 0.6 is 23.1 Å². The van der Waals surface area contributed by atoms with Gasteiger partial charge >= 0.3 is 0 Å². The number of aryl methyl sites for hydroxylation is 1. The van der Waals surface area contributed by atoms with E-state index in [1.54, 1.807) is 35.3 Å². The van der Waals surface area contributed by atoms with Gasteiger partial charge in [-0.2, -0.15) is 0 Å². The van der Waals surface area contributed by atoms with Crippen molar-refractivity contribution in [3.8, 4) is 0 Å². The van der Waals surface area contributed by atoms with E-state index >= 15 is 0 Å². The molecule has 4 rings (SSSR count). The van der Waals surface area contributed by atoms with Crippen LogP contribution in [0.25, 0.3) is 10.2 Å². The van der Waals surface area contributed by atoms with Gasteiger partial charge in [0, 0.05) is 30.4 Å². The fourth-order valence-corrected chi connectivity index (χ4v) is 5.00. The molecule has 5 nitrogen and oxygen atoms in total. The minimum absolute atomic E-state index is 0.0129. The molecule has 2 aromatic heterocycles. The Labute approximate surface area is 188 Å². The van der Waals surface area contributed by atoms with Crippen LogP contribution in [0.2, 0.25) is 0 Å². The van der Waals surface area contributed by atoms with Gasteiger partial charge in [-0.05, 0) is 48.1 Å². The Morgan fingerprint density at radius 3 is 2.81 bits per heavy atom. The van der Waals surface area contributed by atoms with E-state index in [4.69, 9.17) is 0 Å². The van der Waals surface area contributed by atoms with Crippen molar-refractivity contribution in [1.29, 1.82) is 0 Å². The minimum atomic E-state index is -0.300. The first-order valence-corrected chi connectivity index (χ1v) is 12.0. The van der Waals surface area contributed by atoms with E-state index in [-0.39, 0.29) is 11.7 Å². The van der Waals surface area contributed by atoms with Crippen LogP contribution in [0, 0.1) is 5.82 Å². The second-order valence-corrected chi connectivity index (χ2v) is 9.41. The largest absolute Gasteiger partial charge is 0.337 e. The topological polar surface area (TPSA) is 51.0 Å². The summed E-state index contributed by atoms with van der Waals surface area (Å²) in [7, 11) is 0. The van der Waals surface area contributed by atoms with E-state index < -0.39 is 0 Å². The van der Waals surface area contributed by atoms with Gasteiger partial charge in [0.2, 0.25) is 5.91 Å². The van der Waals surface area contributed by atoms with Crippen molar-refractivity contribution in [3.63, 3.8) is 0 Å². The highest BCUT2D eigenvalue weighted by Gasteiger charge is 2.20. The summed E-state index contributed by atoms with van der Waals surface area (Å²) >= 11 is 3.12. The number of benzene rings is 2. The van der Waals surface area contributed by atoms with Crippen molar-refractivity contribution in [2.24, 2.45) is 0 Å². The standard InChI is InChI=1S/C23H23FN4OS2/c1-2-30-19-7-4-17(5-8-19)14-22(29)28(12-3-11-27-13-10-25-16-27)23-26-20-9-6-18(24)15-21(20)31-23/h4-10,13,15-16H,2-3,11-12,14H2,1H3. The lowest BCUT2D eigenvalue weighted by molar-refractivity contribution is -0.118. The van der Waals surface area contributed by atoms with Gasteiger partial charge in [0.25, 0.3) is 0 Å². The molecule has 0 N–H and O–H groups in total. The minimum Gasteiger partial charge on any atom is -0.337 e. The number of anilines is 1. The zero-order chi connectivity index (χ0) is 21.6. The number of nitrogens with zero attached hydrogens (tertiary/aromatic N) is 4. The number of fused-ring (bicyclic) bond motifs is 1. The molecule has 0 saturated carbocycles. The van der Waals surface area contributed by atoms with E-state index in [1.807, 2.05) is 22.9 Å². The van der Waals surface area contributed by atoms with Crippen LogP contribution in [-0.2, 0) is 17.8 Å². The maximum atomic E-state index is 13.6. The van der Waals surface area contributed by atoms with E-state index in [1.165, 1.54) is 28.4 Å². The Kier molecular flexibility index (Phi) is 6.99. The van der Waals surface area contributed by atoms with Gasteiger partial charge in [-0.15, -0.1) is 11.8 Å². The Morgan fingerprint density at radius 2 is 2.06 bits per heavy atom. The average Bonchev–Trinajstić information content (AvgIpc) is 3.42. The Balaban J connectivity index is 1.53. The number of thioether (sulfide) groups is 1. The number of aromatic nitrogens is 3. The van der Waals surface area contributed by atoms with Crippen LogP contribution in [0.15, 0.2) is 66.1 Å². The van der Waals surface area contributed by atoms with Crippen molar-refractivity contribution in [2.45, 2.75) is 31.2 Å². The van der Waals surface area contributed by atoms with Gasteiger partial charge in [0.05, 0.1) is 23.0 Å². The lowest BCUT2D eigenvalue weighted by atomic mass is 10.1. The van der Waals surface area contributed by atoms with Gasteiger partial charge < -0.3 is 4.57 Å². The molecule has 0 fully saturated rings. The summed E-state index contributed by atoms with van der Waals surface area (Å²) in [5.41, 5.74) is 1.67. The third kappa shape index (κ3) is 5.51. The second kappa shape index (κ2) is 10.1. The fraction of sp³-hybridized carbons (Fsp3) is 0.261. The van der Waals surface area contributed by atoms with Gasteiger partial charge in [0.15, 0.2) is 5.13 Å². The monoisotopic (exact) mass is 454 g/mol. The van der Waals surface area contributed by atoms with Crippen LogP contribution in [0.5, 0.6) is 0 Å². The number of carbonyl (C=O) groups is 1. The number of hydrogen-bond donors (Lipinski definition) is 0. The molecule has 0 unspecified atom stereocenters. The smallest absolute Gasteiger partial charge is 0.233 e. The molecule has 0 radical (unpaired) electrons. The van der Waals surface area contributed by atoms with Crippen LogP contribution < -0.4 is 4.90 Å². The number of halogens is 1. The first kappa shape index (κ1) is 21.5. The molecule has 0 spiro atoms. The molecule has 4 aromatic rings. The molecule has 31 heavy (non-hydrogen) atoms. The molecule has 2 heterocycles. The molecule has 0 saturated heterocycles. The molecular formula is C23H23FN4OS2. The number of rotatable bonds is 9. The fourth-order valence-electron chi connectivity index (χ4n) is 3.30. The van der Waals surface area contributed by atoms with Crippen molar-refractivity contribution in [2.75, 3.05) is 17.2 Å². The Morgan fingerprint density at radius 1 is 1.23 bits per heavy atom. The molecule has 0 atom stereocenters. The maximum absolute atomic E-state index is 13.6. The molecule has 1 amide bonds. The predicted octanol–water partition coefficient (Wildman–Crippen LogP) is 5.41. The first-order valence-electron chi connectivity index (χ1n) is 10.2. The molecule has 160 valence electrons. The van der Waals surface area contributed by atoms with Gasteiger partial charge in [-0.3, -0.25) is 9.69 Å². The third-order valence-electron chi connectivity index (χ3n) is 4.82. The molecule has 0 aliphatic heterocycles. The zero-order valence-electron chi connectivity index (χ0n) is 17.2. The molecule has 2 aromatic carbocycles. The van der Waals surface area contributed by atoms with E-state index in [0.29, 0.717) is 23.6 Å². The normalized spacial score (nSPS) is 11.2. The van der Waals surface area contributed by atoms with Crippen LogP contribution in [-0.4, -0.2) is 32.7 Å². The highest BCUT2D eigenvalue weighted by molar-refractivity contribution is 7.99. The molecule has 8 heteroatoms. The molecule has 0 aliphatic rings. The number of thiazole rings is 1. The van der Waals surface area contributed by atoms with Crippen molar-refractivity contribution in [3.05, 3.63) is 72.6 Å². The van der Waals surface area contributed by atoms with Gasteiger partial charge in [-0.25, -0.2) is 14.4 Å². The lowest BCUT2D eigenvalue weighted by Crippen LogP contribution is -2.33. The lowest BCUT2D eigenvalue weighted by Gasteiger charge is -2.20. The predicted molar refractivity (Wildman–Crippen MR) is 125 cm³/mol. The number of amides is 1. The van der Waals surface area contributed by atoms with Gasteiger partial charge in [-0.1, -0.05) is 30.4 Å². The van der Waals surface area contributed by atoms with Crippen LogP contribution in [0.1, 0.15) is 18.9 Å². The highest BCUT2D eigenvalue weighted by Crippen LogP contribution is 2.30. The summed E-state index contributed by atoms with van der Waals surface area (Å²) in [4.78, 5) is 24.8. The number of imidazole rings is 1. The van der Waals surface area contributed by atoms with Crippen molar-refractivity contribution >= 4 is 44.4 Å². The zero-order valence-corrected chi connectivity index (χ0v) is 18.8. The Hall–Kier alpha value is -2.71. The van der Waals surface area contributed by atoms with Gasteiger partial charge in [0.1, 0.15) is 5.82 Å². The van der Waals surface area contributed by atoms with E-state index in [9.17, 15) is 9.18 Å². The summed E-state index contributed by atoms with van der Waals surface area (Å²) in [5.74, 6) is 0.702. The number of carbonyl (C=O) groups excluding carboxylic acids is 1. The molecule has 0 aliphatic carbocycles. The SMILES string of the molecule is CCSc1ccc(CC(=O)N(CCCn2ccnc2)c2nc3ccc(F)cc3s2)cc1. The quantitative estimate of drug-likeness (QED) is 0.317. The summed E-state index contributed by atoms with van der Waals surface area (Å²) in [6, 6.07) is 12.6. The summed E-state index contributed by atoms with van der Waals surface area (Å²) < 4.78 is 16.4. The highest BCUT2D eigenvalue weighted by atomic mass is 32.2. The molecular weight excluding hydrogens is 431 g/mol. The van der Waals surface area contributed by atoms with Crippen molar-refractivity contribution in [1.82, 2.24) is 14.5 Å². The van der Waals surface area contributed by atoms with E-state index in [2.05, 4.69) is 29.0 Å². The average molecular weight is 455 g/mol. The molecule has 0 bridgehead atoms. The summed E-state index contributed by atoms with van der Waals surface area (Å²) in [6.07, 6.45) is 6.47. The Bertz CT molecular complexity index is 1140. The first-order chi connectivity index (χ1) is 15.1. The third-order valence-corrected chi connectivity index (χ3v) is 6.75. The summed E-state index contributed by atoms with van der Waals surface area (Å²) in [5, 5.41) is 0.606. The second-order valence-electron chi connectivity index (χ2n) is 7.06. The van der Waals surface area contributed by atoms with E-state index in [0.717, 1.165) is 29.0 Å². The number of hydrogen-bond acceptors (Lipinski definition) is 5. The summed E-state index contributed by atoms with van der Waals surface area (Å²) in [6.45, 7) is 3.41. The van der Waals surface area contributed by atoms with Crippen molar-refractivity contribution < 1.29 is 9.18 Å². The van der Waals surface area contributed by atoms with Crippen LogP contribution in [0.4, 0.5) is 9.52 Å².